The van der Waals surface area contributed by atoms with Crippen molar-refractivity contribution in [1.29, 1.82) is 0 Å². The molecule has 0 aliphatic heterocycles. The lowest BCUT2D eigenvalue weighted by molar-refractivity contribution is 0.103. The van der Waals surface area contributed by atoms with Gasteiger partial charge in [0.15, 0.2) is 5.78 Å². The van der Waals surface area contributed by atoms with Gasteiger partial charge in [-0.2, -0.15) is 0 Å². The average Bonchev–Trinajstić information content (AvgIpc) is 2.57. The van der Waals surface area contributed by atoms with Gasteiger partial charge in [-0.3, -0.25) is 4.79 Å². The number of halogens is 1. The molecule has 0 aliphatic rings. The van der Waals surface area contributed by atoms with Gasteiger partial charge in [-0.05, 0) is 32.0 Å². The van der Waals surface area contributed by atoms with E-state index in [0.29, 0.717) is 22.6 Å². The van der Waals surface area contributed by atoms with Crippen LogP contribution < -0.4 is 0 Å². The summed E-state index contributed by atoms with van der Waals surface area (Å²) in [5.41, 5.74) is 0.826. The normalized spacial score (nSPS) is 10.4. The molecule has 0 aliphatic carbocycles. The third-order valence-corrected chi connectivity index (χ3v) is 2.37. The molecule has 0 atom stereocenters. The Balaban J connectivity index is 2.43. The second-order valence-electron chi connectivity index (χ2n) is 3.67. The Morgan fingerprint density at radius 3 is 2.56 bits per heavy atom. The van der Waals surface area contributed by atoms with E-state index in [9.17, 15) is 9.18 Å². The highest BCUT2D eigenvalue weighted by Crippen LogP contribution is 2.18. The number of rotatable bonds is 2. The number of benzene rings is 1. The van der Waals surface area contributed by atoms with Crippen molar-refractivity contribution in [3.8, 4) is 0 Å². The minimum atomic E-state index is -0.413. The summed E-state index contributed by atoms with van der Waals surface area (Å²) in [6.07, 6.45) is 0. The van der Waals surface area contributed by atoms with Crippen LogP contribution in [0.15, 0.2) is 34.7 Å². The van der Waals surface area contributed by atoms with Crippen LogP contribution in [-0.4, -0.2) is 5.78 Å². The molecule has 16 heavy (non-hydrogen) atoms. The molecule has 82 valence electrons. The zero-order valence-corrected chi connectivity index (χ0v) is 9.08. The molecule has 3 heteroatoms. The van der Waals surface area contributed by atoms with Gasteiger partial charge in [0, 0.05) is 5.56 Å². The fourth-order valence-corrected chi connectivity index (χ4v) is 1.64. The Kier molecular flexibility index (Phi) is 2.60. The Bertz CT molecular complexity index is 541. The van der Waals surface area contributed by atoms with E-state index in [1.165, 1.54) is 18.2 Å². The second kappa shape index (κ2) is 3.93. The van der Waals surface area contributed by atoms with Gasteiger partial charge >= 0.3 is 0 Å². The number of carbonyl (C=O) groups is 1. The molecule has 0 spiro atoms. The number of hydrogen-bond donors (Lipinski definition) is 0. The largest absolute Gasteiger partial charge is 0.466 e. The molecule has 1 aromatic carbocycles. The summed E-state index contributed by atoms with van der Waals surface area (Å²) in [5.74, 6) is 0.613. The minimum absolute atomic E-state index is 0.214. The zero-order valence-electron chi connectivity index (χ0n) is 9.08. The van der Waals surface area contributed by atoms with Gasteiger partial charge in [-0.25, -0.2) is 4.39 Å². The summed E-state index contributed by atoms with van der Waals surface area (Å²) in [6.45, 7) is 3.49. The Morgan fingerprint density at radius 2 is 2.00 bits per heavy atom. The standard InChI is InChI=1S/C13H11FO2/c1-8-6-12(9(2)16-8)13(15)10-4-3-5-11(14)7-10/h3-7H,1-2H3. The molecule has 0 saturated carbocycles. The quantitative estimate of drug-likeness (QED) is 0.724. The van der Waals surface area contributed by atoms with Crippen molar-refractivity contribution >= 4 is 5.78 Å². The maximum Gasteiger partial charge on any atom is 0.196 e. The van der Waals surface area contributed by atoms with E-state index in [1.54, 1.807) is 26.0 Å². The van der Waals surface area contributed by atoms with Crippen molar-refractivity contribution in [2.75, 3.05) is 0 Å². The topological polar surface area (TPSA) is 30.2 Å². The predicted molar refractivity (Wildman–Crippen MR) is 58.0 cm³/mol. The molecule has 0 unspecified atom stereocenters. The first kappa shape index (κ1) is 10.6. The molecular formula is C13H11FO2. The summed E-state index contributed by atoms with van der Waals surface area (Å²) in [6, 6.07) is 7.31. The lowest BCUT2D eigenvalue weighted by Gasteiger charge is -1.99. The van der Waals surface area contributed by atoms with Crippen molar-refractivity contribution in [2.24, 2.45) is 0 Å². The monoisotopic (exact) mass is 218 g/mol. The van der Waals surface area contributed by atoms with Crippen molar-refractivity contribution < 1.29 is 13.6 Å². The number of carbonyl (C=O) groups excluding carboxylic acids is 1. The summed E-state index contributed by atoms with van der Waals surface area (Å²) >= 11 is 0. The average molecular weight is 218 g/mol. The van der Waals surface area contributed by atoms with E-state index in [2.05, 4.69) is 0 Å². The van der Waals surface area contributed by atoms with E-state index < -0.39 is 5.82 Å². The SMILES string of the molecule is Cc1cc(C(=O)c2cccc(F)c2)c(C)o1. The van der Waals surface area contributed by atoms with Gasteiger partial charge in [0.05, 0.1) is 5.56 Å². The third kappa shape index (κ3) is 1.89. The molecule has 0 radical (unpaired) electrons. The molecule has 0 saturated heterocycles. The Morgan fingerprint density at radius 1 is 1.25 bits per heavy atom. The molecular weight excluding hydrogens is 207 g/mol. The summed E-state index contributed by atoms with van der Waals surface area (Å²) in [4.78, 5) is 12.0. The summed E-state index contributed by atoms with van der Waals surface area (Å²) in [5, 5.41) is 0. The smallest absolute Gasteiger partial charge is 0.196 e. The van der Waals surface area contributed by atoms with E-state index in [-0.39, 0.29) is 5.78 Å². The molecule has 0 fully saturated rings. The van der Waals surface area contributed by atoms with Gasteiger partial charge in [-0.15, -0.1) is 0 Å². The van der Waals surface area contributed by atoms with Crippen LogP contribution >= 0.6 is 0 Å². The van der Waals surface area contributed by atoms with E-state index in [0.717, 1.165) is 0 Å². The third-order valence-electron chi connectivity index (χ3n) is 2.37. The second-order valence-corrected chi connectivity index (χ2v) is 3.67. The van der Waals surface area contributed by atoms with Gasteiger partial charge in [0.25, 0.3) is 0 Å². The molecule has 2 rings (SSSR count). The van der Waals surface area contributed by atoms with Crippen LogP contribution in [0, 0.1) is 19.7 Å². The molecule has 1 heterocycles. The van der Waals surface area contributed by atoms with Crippen molar-refractivity contribution in [3.05, 3.63) is 58.8 Å². The van der Waals surface area contributed by atoms with Crippen LogP contribution in [0.1, 0.15) is 27.4 Å². The van der Waals surface area contributed by atoms with E-state index in [1.807, 2.05) is 0 Å². The van der Waals surface area contributed by atoms with Gasteiger partial charge < -0.3 is 4.42 Å². The first-order valence-electron chi connectivity index (χ1n) is 4.95. The van der Waals surface area contributed by atoms with Crippen LogP contribution in [0.5, 0.6) is 0 Å². The van der Waals surface area contributed by atoms with Crippen LogP contribution in [0.4, 0.5) is 4.39 Å². The first-order valence-corrected chi connectivity index (χ1v) is 4.95. The maximum atomic E-state index is 13.0. The van der Waals surface area contributed by atoms with Crippen LogP contribution in [0.25, 0.3) is 0 Å². The van der Waals surface area contributed by atoms with Crippen LogP contribution in [0.3, 0.4) is 0 Å². The summed E-state index contributed by atoms with van der Waals surface area (Å²) < 4.78 is 18.2. The first-order chi connectivity index (χ1) is 7.58. The lowest BCUT2D eigenvalue weighted by Crippen LogP contribution is -2.01. The summed E-state index contributed by atoms with van der Waals surface area (Å²) in [7, 11) is 0. The molecule has 1 aromatic heterocycles. The number of aryl methyl sites for hydroxylation is 2. The maximum absolute atomic E-state index is 13.0. The zero-order chi connectivity index (χ0) is 11.7. The van der Waals surface area contributed by atoms with Crippen LogP contribution in [0.2, 0.25) is 0 Å². The van der Waals surface area contributed by atoms with Crippen molar-refractivity contribution in [3.63, 3.8) is 0 Å². The fourth-order valence-electron chi connectivity index (χ4n) is 1.64. The number of furan rings is 1. The van der Waals surface area contributed by atoms with Crippen molar-refractivity contribution in [2.45, 2.75) is 13.8 Å². The lowest BCUT2D eigenvalue weighted by atomic mass is 10.0. The highest BCUT2D eigenvalue weighted by Gasteiger charge is 2.15. The van der Waals surface area contributed by atoms with Gasteiger partial charge in [-0.1, -0.05) is 12.1 Å². The van der Waals surface area contributed by atoms with Crippen LogP contribution in [-0.2, 0) is 0 Å². The predicted octanol–water partition coefficient (Wildman–Crippen LogP) is 3.27. The highest BCUT2D eigenvalue weighted by molar-refractivity contribution is 6.09. The van der Waals surface area contributed by atoms with Gasteiger partial charge in [0.1, 0.15) is 17.3 Å². The highest BCUT2D eigenvalue weighted by atomic mass is 19.1. The fraction of sp³-hybridized carbons (Fsp3) is 0.154. The Hall–Kier alpha value is -1.90. The van der Waals surface area contributed by atoms with E-state index in [4.69, 9.17) is 4.42 Å². The molecule has 2 aromatic rings. The number of hydrogen-bond acceptors (Lipinski definition) is 2. The van der Waals surface area contributed by atoms with Gasteiger partial charge in [0.2, 0.25) is 0 Å². The molecule has 0 bridgehead atoms. The molecule has 2 nitrogen and oxygen atoms in total. The number of ketones is 1. The molecule has 0 amide bonds. The minimum Gasteiger partial charge on any atom is -0.466 e. The van der Waals surface area contributed by atoms with Crippen molar-refractivity contribution in [1.82, 2.24) is 0 Å². The molecule has 0 N–H and O–H groups in total. The van der Waals surface area contributed by atoms with E-state index >= 15 is 0 Å². The Labute approximate surface area is 92.7 Å².